The molecule has 0 unspecified atom stereocenters. The minimum Gasteiger partial charge on any atom is -0.497 e. The van der Waals surface area contributed by atoms with Crippen molar-refractivity contribution < 1.29 is 9.13 Å². The van der Waals surface area contributed by atoms with Gasteiger partial charge < -0.3 is 14.2 Å². The summed E-state index contributed by atoms with van der Waals surface area (Å²) in [7, 11) is 3.55. The molecule has 0 bridgehead atoms. The minimum absolute atomic E-state index is 0.199. The molecule has 4 nitrogen and oxygen atoms in total. The standard InChI is InChI=1S/C14H18FN3O/c1-17(7-8-18-6-5-16-11-18)10-12-9-13(19-2)3-4-14(12)15/h3-6,9,11H,7-8,10H2,1-2H3. The van der Waals surface area contributed by atoms with Gasteiger partial charge in [0.15, 0.2) is 0 Å². The average molecular weight is 263 g/mol. The maximum absolute atomic E-state index is 13.7. The molecule has 0 saturated carbocycles. The first kappa shape index (κ1) is 13.5. The van der Waals surface area contributed by atoms with Gasteiger partial charge in [-0.3, -0.25) is 0 Å². The van der Waals surface area contributed by atoms with Crippen LogP contribution in [0.1, 0.15) is 5.56 Å². The molecule has 1 aromatic carbocycles. The molecule has 1 heterocycles. The lowest BCUT2D eigenvalue weighted by Gasteiger charge is -2.17. The molecule has 0 aliphatic carbocycles. The predicted molar refractivity (Wildman–Crippen MR) is 71.5 cm³/mol. The molecule has 2 rings (SSSR count). The third-order valence-electron chi connectivity index (χ3n) is 2.99. The number of halogens is 1. The summed E-state index contributed by atoms with van der Waals surface area (Å²) in [6.45, 7) is 2.22. The number of nitrogens with zero attached hydrogens (tertiary/aromatic N) is 3. The molecule has 1 aromatic heterocycles. The van der Waals surface area contributed by atoms with Crippen molar-refractivity contribution in [3.63, 3.8) is 0 Å². The van der Waals surface area contributed by atoms with Crippen LogP contribution < -0.4 is 4.74 Å². The number of likely N-dealkylation sites (N-methyl/N-ethyl adjacent to an activating group) is 1. The summed E-state index contributed by atoms with van der Waals surface area (Å²) in [5.74, 6) is 0.481. The van der Waals surface area contributed by atoms with Gasteiger partial charge in [0.25, 0.3) is 0 Å². The smallest absolute Gasteiger partial charge is 0.127 e. The summed E-state index contributed by atoms with van der Waals surface area (Å²) in [6.07, 6.45) is 5.45. The molecule has 0 radical (unpaired) electrons. The molecular weight excluding hydrogens is 245 g/mol. The van der Waals surface area contributed by atoms with E-state index >= 15 is 0 Å². The highest BCUT2D eigenvalue weighted by atomic mass is 19.1. The van der Waals surface area contributed by atoms with Crippen LogP contribution in [0.5, 0.6) is 5.75 Å². The molecule has 0 N–H and O–H groups in total. The Bertz CT molecular complexity index is 513. The molecule has 19 heavy (non-hydrogen) atoms. The first-order valence-electron chi connectivity index (χ1n) is 6.15. The van der Waals surface area contributed by atoms with Crippen LogP contribution in [0, 0.1) is 5.82 Å². The van der Waals surface area contributed by atoms with Crippen molar-refractivity contribution in [2.75, 3.05) is 20.7 Å². The van der Waals surface area contributed by atoms with E-state index in [2.05, 4.69) is 9.88 Å². The predicted octanol–water partition coefficient (Wildman–Crippen LogP) is 2.16. The van der Waals surface area contributed by atoms with Crippen LogP contribution in [0.2, 0.25) is 0 Å². The SMILES string of the molecule is COc1ccc(F)c(CN(C)CCn2ccnc2)c1. The molecule has 0 saturated heterocycles. The van der Waals surface area contributed by atoms with E-state index in [4.69, 9.17) is 4.74 Å². The van der Waals surface area contributed by atoms with E-state index in [9.17, 15) is 4.39 Å². The van der Waals surface area contributed by atoms with Crippen LogP contribution >= 0.6 is 0 Å². The number of rotatable bonds is 6. The maximum atomic E-state index is 13.7. The number of hydrogen-bond acceptors (Lipinski definition) is 3. The second-order valence-electron chi connectivity index (χ2n) is 4.50. The van der Waals surface area contributed by atoms with Crippen molar-refractivity contribution in [1.82, 2.24) is 14.5 Å². The lowest BCUT2D eigenvalue weighted by molar-refractivity contribution is 0.305. The molecule has 0 atom stereocenters. The fourth-order valence-electron chi connectivity index (χ4n) is 1.87. The topological polar surface area (TPSA) is 30.3 Å². The number of hydrogen-bond donors (Lipinski definition) is 0. The van der Waals surface area contributed by atoms with Gasteiger partial charge in [-0.05, 0) is 25.2 Å². The number of imidazole rings is 1. The van der Waals surface area contributed by atoms with Crippen LogP contribution in [-0.2, 0) is 13.1 Å². The second kappa shape index (κ2) is 6.33. The van der Waals surface area contributed by atoms with Crippen molar-refractivity contribution in [3.05, 3.63) is 48.3 Å². The van der Waals surface area contributed by atoms with Crippen molar-refractivity contribution in [1.29, 1.82) is 0 Å². The molecule has 0 amide bonds. The van der Waals surface area contributed by atoms with E-state index in [1.807, 2.05) is 17.8 Å². The van der Waals surface area contributed by atoms with Gasteiger partial charge >= 0.3 is 0 Å². The zero-order valence-corrected chi connectivity index (χ0v) is 11.2. The van der Waals surface area contributed by atoms with Crippen LogP contribution in [0.15, 0.2) is 36.9 Å². The molecular formula is C14H18FN3O. The fraction of sp³-hybridized carbons (Fsp3) is 0.357. The van der Waals surface area contributed by atoms with Gasteiger partial charge in [-0.2, -0.15) is 0 Å². The fourth-order valence-corrected chi connectivity index (χ4v) is 1.87. The Morgan fingerprint density at radius 2 is 2.26 bits per heavy atom. The lowest BCUT2D eigenvalue weighted by atomic mass is 10.2. The summed E-state index contributed by atoms with van der Waals surface area (Å²) in [6, 6.07) is 4.81. The Morgan fingerprint density at radius 3 is 2.95 bits per heavy atom. The van der Waals surface area contributed by atoms with E-state index in [-0.39, 0.29) is 5.82 Å². The van der Waals surface area contributed by atoms with E-state index in [0.717, 1.165) is 13.1 Å². The molecule has 0 aliphatic rings. The van der Waals surface area contributed by atoms with Crippen LogP contribution in [0.3, 0.4) is 0 Å². The minimum atomic E-state index is -0.199. The van der Waals surface area contributed by atoms with E-state index in [1.165, 1.54) is 6.07 Å². The molecule has 102 valence electrons. The highest BCUT2D eigenvalue weighted by Gasteiger charge is 2.07. The number of benzene rings is 1. The highest BCUT2D eigenvalue weighted by Crippen LogP contribution is 2.17. The van der Waals surface area contributed by atoms with Gasteiger partial charge in [-0.1, -0.05) is 0 Å². The zero-order valence-electron chi connectivity index (χ0n) is 11.2. The van der Waals surface area contributed by atoms with Crippen LogP contribution in [-0.4, -0.2) is 35.2 Å². The van der Waals surface area contributed by atoms with Crippen molar-refractivity contribution in [2.45, 2.75) is 13.1 Å². The van der Waals surface area contributed by atoms with E-state index < -0.39 is 0 Å². The maximum Gasteiger partial charge on any atom is 0.127 e. The summed E-state index contributed by atoms with van der Waals surface area (Å²) in [5, 5.41) is 0. The largest absolute Gasteiger partial charge is 0.497 e. The number of methoxy groups -OCH3 is 1. The molecule has 2 aromatic rings. The Kier molecular flexibility index (Phi) is 4.52. The van der Waals surface area contributed by atoms with Gasteiger partial charge in [0.2, 0.25) is 0 Å². The molecule has 0 aliphatic heterocycles. The molecule has 0 spiro atoms. The highest BCUT2D eigenvalue weighted by molar-refractivity contribution is 5.29. The second-order valence-corrected chi connectivity index (χ2v) is 4.50. The first-order chi connectivity index (χ1) is 9.19. The normalized spacial score (nSPS) is 10.9. The Hall–Kier alpha value is -1.88. The van der Waals surface area contributed by atoms with Crippen LogP contribution in [0.4, 0.5) is 4.39 Å². The third-order valence-corrected chi connectivity index (χ3v) is 2.99. The van der Waals surface area contributed by atoms with Crippen LogP contribution in [0.25, 0.3) is 0 Å². The Labute approximate surface area is 112 Å². The van der Waals surface area contributed by atoms with Gasteiger partial charge in [-0.25, -0.2) is 9.37 Å². The monoisotopic (exact) mass is 263 g/mol. The quantitative estimate of drug-likeness (QED) is 0.800. The van der Waals surface area contributed by atoms with E-state index in [1.54, 1.807) is 31.8 Å². The Morgan fingerprint density at radius 1 is 1.42 bits per heavy atom. The van der Waals surface area contributed by atoms with Gasteiger partial charge in [0.05, 0.1) is 13.4 Å². The van der Waals surface area contributed by atoms with Gasteiger partial charge in [0.1, 0.15) is 11.6 Å². The van der Waals surface area contributed by atoms with Crippen molar-refractivity contribution >= 4 is 0 Å². The third kappa shape index (κ3) is 3.79. The zero-order chi connectivity index (χ0) is 13.7. The number of ether oxygens (including phenoxy) is 1. The summed E-state index contributed by atoms with van der Waals surface area (Å²) in [4.78, 5) is 6.06. The first-order valence-corrected chi connectivity index (χ1v) is 6.15. The van der Waals surface area contributed by atoms with E-state index in [0.29, 0.717) is 17.9 Å². The average Bonchev–Trinajstić information content (AvgIpc) is 2.92. The summed E-state index contributed by atoms with van der Waals surface area (Å²) < 4.78 is 20.8. The Balaban J connectivity index is 1.92. The molecule has 5 heteroatoms. The number of aromatic nitrogens is 2. The van der Waals surface area contributed by atoms with Gasteiger partial charge in [0, 0.05) is 37.6 Å². The van der Waals surface area contributed by atoms with Crippen molar-refractivity contribution in [3.8, 4) is 5.75 Å². The summed E-state index contributed by atoms with van der Waals surface area (Å²) >= 11 is 0. The summed E-state index contributed by atoms with van der Waals surface area (Å²) in [5.41, 5.74) is 0.646. The molecule has 0 fully saturated rings. The van der Waals surface area contributed by atoms with Gasteiger partial charge in [-0.15, -0.1) is 0 Å². The lowest BCUT2D eigenvalue weighted by Crippen LogP contribution is -2.23. The van der Waals surface area contributed by atoms with Crippen molar-refractivity contribution in [2.24, 2.45) is 0 Å².